The standard InChI is InChI=1S/C22H22F4N4OS/c23-17-4-6-18(7-5-17)28-20(32)29-10-8-21(9-11-29)27-13-19(31)30(21)14-15-2-1-3-16(12-15)22(24,25)26/h1-7,12,27H,8-11,13-14H2,(H,28,32). The summed E-state index contributed by atoms with van der Waals surface area (Å²) in [5, 5.41) is 6.86. The number of likely N-dealkylation sites (tertiary alicyclic amines) is 1. The maximum Gasteiger partial charge on any atom is 0.416 e. The first-order valence-electron chi connectivity index (χ1n) is 10.2. The van der Waals surface area contributed by atoms with Crippen molar-refractivity contribution < 1.29 is 22.4 Å². The Labute approximate surface area is 188 Å². The van der Waals surface area contributed by atoms with Gasteiger partial charge in [0.2, 0.25) is 5.91 Å². The molecular formula is C22H22F4N4OS. The first kappa shape index (κ1) is 22.5. The van der Waals surface area contributed by atoms with Crippen LogP contribution in [-0.4, -0.2) is 46.1 Å². The van der Waals surface area contributed by atoms with Crippen LogP contribution in [0, 0.1) is 5.82 Å². The van der Waals surface area contributed by atoms with Crippen LogP contribution in [0.25, 0.3) is 0 Å². The molecule has 0 saturated carbocycles. The molecule has 2 heterocycles. The Morgan fingerprint density at radius 3 is 2.47 bits per heavy atom. The van der Waals surface area contributed by atoms with Crippen molar-refractivity contribution in [3.05, 3.63) is 65.5 Å². The van der Waals surface area contributed by atoms with Gasteiger partial charge >= 0.3 is 6.18 Å². The van der Waals surface area contributed by atoms with Gasteiger partial charge in [-0.1, -0.05) is 12.1 Å². The van der Waals surface area contributed by atoms with Crippen LogP contribution in [0.1, 0.15) is 24.0 Å². The van der Waals surface area contributed by atoms with Crippen LogP contribution in [-0.2, 0) is 17.5 Å². The van der Waals surface area contributed by atoms with Crippen molar-refractivity contribution >= 4 is 28.9 Å². The van der Waals surface area contributed by atoms with E-state index in [0.29, 0.717) is 42.3 Å². The molecule has 1 amide bonds. The van der Waals surface area contributed by atoms with Gasteiger partial charge in [0, 0.05) is 38.2 Å². The van der Waals surface area contributed by atoms with Crippen LogP contribution in [0.15, 0.2) is 48.5 Å². The Balaban J connectivity index is 1.42. The molecule has 32 heavy (non-hydrogen) atoms. The van der Waals surface area contributed by atoms with Crippen LogP contribution in [0.4, 0.5) is 23.2 Å². The second-order valence-electron chi connectivity index (χ2n) is 7.99. The van der Waals surface area contributed by atoms with Gasteiger partial charge in [-0.25, -0.2) is 4.39 Å². The first-order valence-corrected chi connectivity index (χ1v) is 10.6. The average molecular weight is 467 g/mol. The summed E-state index contributed by atoms with van der Waals surface area (Å²) in [6.07, 6.45) is -3.29. The number of alkyl halides is 3. The van der Waals surface area contributed by atoms with Crippen LogP contribution >= 0.6 is 12.2 Å². The van der Waals surface area contributed by atoms with Gasteiger partial charge in [-0.3, -0.25) is 10.1 Å². The number of hydrogen-bond donors (Lipinski definition) is 2. The Morgan fingerprint density at radius 1 is 1.12 bits per heavy atom. The van der Waals surface area contributed by atoms with E-state index in [0.717, 1.165) is 12.1 Å². The number of amides is 1. The predicted octanol–water partition coefficient (Wildman–Crippen LogP) is 3.97. The van der Waals surface area contributed by atoms with Gasteiger partial charge in [0.15, 0.2) is 5.11 Å². The minimum absolute atomic E-state index is 0.105. The zero-order chi connectivity index (χ0) is 22.9. The van der Waals surface area contributed by atoms with Gasteiger partial charge in [-0.2, -0.15) is 13.2 Å². The van der Waals surface area contributed by atoms with Crippen molar-refractivity contribution in [3.8, 4) is 0 Å². The SMILES string of the molecule is O=C1CNC2(CCN(C(=S)Nc3ccc(F)cc3)CC2)N1Cc1cccc(C(F)(F)F)c1. The molecule has 0 radical (unpaired) electrons. The molecule has 10 heteroatoms. The largest absolute Gasteiger partial charge is 0.416 e. The minimum Gasteiger partial charge on any atom is -0.349 e. The maximum atomic E-state index is 13.1. The van der Waals surface area contributed by atoms with Gasteiger partial charge in [-0.05, 0) is 54.2 Å². The minimum atomic E-state index is -4.43. The third kappa shape index (κ3) is 4.71. The van der Waals surface area contributed by atoms with Gasteiger partial charge in [0.05, 0.1) is 17.8 Å². The van der Waals surface area contributed by atoms with Crippen LogP contribution in [0.5, 0.6) is 0 Å². The number of nitrogens with one attached hydrogen (secondary N) is 2. The molecule has 170 valence electrons. The van der Waals surface area contributed by atoms with Gasteiger partial charge in [0.25, 0.3) is 0 Å². The van der Waals surface area contributed by atoms with E-state index in [1.54, 1.807) is 23.1 Å². The number of nitrogens with zero attached hydrogens (tertiary/aromatic N) is 2. The van der Waals surface area contributed by atoms with E-state index in [4.69, 9.17) is 12.2 Å². The van der Waals surface area contributed by atoms with Crippen molar-refractivity contribution in [2.45, 2.75) is 31.2 Å². The molecule has 0 aliphatic carbocycles. The molecule has 0 aromatic heterocycles. The van der Waals surface area contributed by atoms with E-state index in [2.05, 4.69) is 10.6 Å². The Hall–Kier alpha value is -2.72. The molecule has 4 rings (SSSR count). The lowest BCUT2D eigenvalue weighted by atomic mass is 9.95. The number of rotatable bonds is 3. The number of benzene rings is 2. The highest BCUT2D eigenvalue weighted by Gasteiger charge is 2.47. The second-order valence-corrected chi connectivity index (χ2v) is 8.37. The summed E-state index contributed by atoms with van der Waals surface area (Å²) in [6.45, 7) is 1.38. The van der Waals surface area contributed by atoms with Crippen molar-refractivity contribution in [2.75, 3.05) is 25.0 Å². The molecule has 2 fully saturated rings. The molecule has 0 bridgehead atoms. The van der Waals surface area contributed by atoms with E-state index in [1.165, 1.54) is 18.2 Å². The zero-order valence-electron chi connectivity index (χ0n) is 17.1. The third-order valence-electron chi connectivity index (χ3n) is 5.95. The van der Waals surface area contributed by atoms with Gasteiger partial charge < -0.3 is 15.1 Å². The van der Waals surface area contributed by atoms with Crippen LogP contribution in [0.2, 0.25) is 0 Å². The highest BCUT2D eigenvalue weighted by Crippen LogP contribution is 2.34. The zero-order valence-corrected chi connectivity index (χ0v) is 17.9. The van der Waals surface area contributed by atoms with Crippen molar-refractivity contribution in [2.24, 2.45) is 0 Å². The fourth-order valence-electron chi connectivity index (χ4n) is 4.20. The predicted molar refractivity (Wildman–Crippen MR) is 116 cm³/mol. The lowest BCUT2D eigenvalue weighted by molar-refractivity contribution is -0.137. The number of hydrogen-bond acceptors (Lipinski definition) is 3. The Kier molecular flexibility index (Phi) is 6.09. The van der Waals surface area contributed by atoms with E-state index in [9.17, 15) is 22.4 Å². The summed E-state index contributed by atoms with van der Waals surface area (Å²) in [6, 6.07) is 11.0. The molecule has 0 atom stereocenters. The number of halogens is 4. The molecule has 2 aromatic rings. The number of piperidine rings is 1. The monoisotopic (exact) mass is 466 g/mol. The number of carbonyl (C=O) groups is 1. The summed E-state index contributed by atoms with van der Waals surface area (Å²) in [7, 11) is 0. The summed E-state index contributed by atoms with van der Waals surface area (Å²) in [4.78, 5) is 16.2. The summed E-state index contributed by atoms with van der Waals surface area (Å²) >= 11 is 5.47. The van der Waals surface area contributed by atoms with E-state index < -0.39 is 17.4 Å². The molecule has 1 spiro atoms. The number of thiocarbonyl (C=S) groups is 1. The van der Waals surface area contributed by atoms with E-state index in [-0.39, 0.29) is 24.8 Å². The lowest BCUT2D eigenvalue weighted by Gasteiger charge is -2.45. The Morgan fingerprint density at radius 2 is 1.81 bits per heavy atom. The van der Waals surface area contributed by atoms with Crippen molar-refractivity contribution in [1.82, 2.24) is 15.1 Å². The quantitative estimate of drug-likeness (QED) is 0.530. The fraction of sp³-hybridized carbons (Fsp3) is 0.364. The molecule has 2 N–H and O–H groups in total. The molecule has 5 nitrogen and oxygen atoms in total. The fourth-order valence-corrected chi connectivity index (χ4v) is 4.50. The Bertz CT molecular complexity index is 1000. The van der Waals surface area contributed by atoms with Gasteiger partial charge in [-0.15, -0.1) is 0 Å². The normalized spacial score (nSPS) is 18.3. The highest BCUT2D eigenvalue weighted by atomic mass is 32.1. The van der Waals surface area contributed by atoms with Crippen molar-refractivity contribution in [1.29, 1.82) is 0 Å². The summed E-state index contributed by atoms with van der Waals surface area (Å²) in [5.41, 5.74) is -0.229. The average Bonchev–Trinajstić information content (AvgIpc) is 3.05. The molecular weight excluding hydrogens is 444 g/mol. The lowest BCUT2D eigenvalue weighted by Crippen LogP contribution is -2.59. The summed E-state index contributed by atoms with van der Waals surface area (Å²) in [5.74, 6) is -0.470. The van der Waals surface area contributed by atoms with E-state index >= 15 is 0 Å². The van der Waals surface area contributed by atoms with Crippen LogP contribution < -0.4 is 10.6 Å². The third-order valence-corrected chi connectivity index (χ3v) is 6.31. The van der Waals surface area contributed by atoms with Crippen LogP contribution in [0.3, 0.4) is 0 Å². The molecule has 2 aliphatic heterocycles. The van der Waals surface area contributed by atoms with E-state index in [1.807, 2.05) is 4.90 Å². The topological polar surface area (TPSA) is 47.6 Å². The number of anilines is 1. The molecule has 2 saturated heterocycles. The smallest absolute Gasteiger partial charge is 0.349 e. The number of carbonyl (C=O) groups excluding carboxylic acids is 1. The molecule has 0 unspecified atom stereocenters. The second kappa shape index (κ2) is 8.67. The summed E-state index contributed by atoms with van der Waals surface area (Å²) < 4.78 is 52.3. The molecule has 2 aromatic carbocycles. The highest BCUT2D eigenvalue weighted by molar-refractivity contribution is 7.80. The maximum absolute atomic E-state index is 13.1. The molecule has 2 aliphatic rings. The first-order chi connectivity index (χ1) is 15.2. The van der Waals surface area contributed by atoms with Crippen molar-refractivity contribution in [3.63, 3.8) is 0 Å². The van der Waals surface area contributed by atoms with Gasteiger partial charge in [0.1, 0.15) is 5.82 Å².